The largest absolute Gasteiger partial charge is 0.375 e. The molecule has 4 nitrogen and oxygen atoms in total. The highest BCUT2D eigenvalue weighted by atomic mass is 16.3. The maximum Gasteiger partial charge on any atom is 0.264 e. The van der Waals surface area contributed by atoms with Crippen molar-refractivity contribution in [3.05, 3.63) is 78.4 Å². The number of amides is 1. The predicted molar refractivity (Wildman–Crippen MR) is 92.8 cm³/mol. The van der Waals surface area contributed by atoms with Crippen molar-refractivity contribution in [2.24, 2.45) is 5.92 Å². The fraction of sp³-hybridized carbons (Fsp3) is 0.200. The zero-order valence-corrected chi connectivity index (χ0v) is 13.5. The summed E-state index contributed by atoms with van der Waals surface area (Å²) in [5.41, 5.74) is -0.302. The molecule has 24 heavy (non-hydrogen) atoms. The van der Waals surface area contributed by atoms with Crippen LogP contribution in [0.3, 0.4) is 0 Å². The van der Waals surface area contributed by atoms with Crippen LogP contribution in [0, 0.1) is 5.92 Å². The van der Waals surface area contributed by atoms with Crippen LogP contribution in [-0.2, 0) is 10.4 Å². The topological polar surface area (TPSA) is 57.6 Å². The Morgan fingerprint density at radius 1 is 1.21 bits per heavy atom. The summed E-state index contributed by atoms with van der Waals surface area (Å²) in [6.45, 7) is 5.55. The number of benzene rings is 2. The average Bonchev–Trinajstić information content (AvgIpc) is 2.85. The van der Waals surface area contributed by atoms with Crippen LogP contribution in [0.4, 0.5) is 5.69 Å². The number of Topliss-reactive ketones (excluding diaryl/α,β-unsaturated/α-hetero) is 1. The van der Waals surface area contributed by atoms with Crippen molar-refractivity contribution in [1.82, 2.24) is 0 Å². The molecule has 4 heteroatoms. The monoisotopic (exact) mass is 321 g/mol. The number of nitrogens with zero attached hydrogens (tertiary/aromatic N) is 1. The summed E-state index contributed by atoms with van der Waals surface area (Å²) < 4.78 is 0. The normalized spacial score (nSPS) is 20.6. The number of aliphatic hydroxyl groups is 1. The van der Waals surface area contributed by atoms with Crippen molar-refractivity contribution in [1.29, 1.82) is 0 Å². The number of carbonyl (C=O) groups excluding carboxylic acids is 2. The second-order valence-electron chi connectivity index (χ2n) is 5.94. The van der Waals surface area contributed by atoms with Gasteiger partial charge in [0.2, 0.25) is 0 Å². The second-order valence-corrected chi connectivity index (χ2v) is 5.94. The maximum absolute atomic E-state index is 12.9. The Morgan fingerprint density at radius 3 is 2.50 bits per heavy atom. The van der Waals surface area contributed by atoms with E-state index >= 15 is 0 Å². The first kappa shape index (κ1) is 16.1. The van der Waals surface area contributed by atoms with Gasteiger partial charge in [0.05, 0.1) is 11.6 Å². The fourth-order valence-corrected chi connectivity index (χ4v) is 3.23. The van der Waals surface area contributed by atoms with Crippen LogP contribution in [0.1, 0.15) is 22.8 Å². The van der Waals surface area contributed by atoms with E-state index in [1.807, 2.05) is 6.07 Å². The molecule has 0 unspecified atom stereocenters. The lowest BCUT2D eigenvalue weighted by molar-refractivity contribution is -0.139. The van der Waals surface area contributed by atoms with E-state index in [1.54, 1.807) is 61.5 Å². The van der Waals surface area contributed by atoms with Crippen LogP contribution in [-0.4, -0.2) is 23.3 Å². The van der Waals surface area contributed by atoms with E-state index in [2.05, 4.69) is 6.58 Å². The Bertz CT molecular complexity index is 800. The van der Waals surface area contributed by atoms with Crippen molar-refractivity contribution in [2.75, 3.05) is 11.4 Å². The summed E-state index contributed by atoms with van der Waals surface area (Å²) in [6, 6.07) is 15.8. The van der Waals surface area contributed by atoms with E-state index in [1.165, 1.54) is 4.90 Å². The Labute approximate surface area is 141 Å². The number of para-hydroxylation sites is 1. The van der Waals surface area contributed by atoms with Crippen molar-refractivity contribution >= 4 is 17.4 Å². The van der Waals surface area contributed by atoms with E-state index in [0.29, 0.717) is 16.8 Å². The summed E-state index contributed by atoms with van der Waals surface area (Å²) in [7, 11) is 0. The van der Waals surface area contributed by atoms with E-state index in [0.717, 1.165) is 0 Å². The number of hydrogen-bond acceptors (Lipinski definition) is 3. The van der Waals surface area contributed by atoms with E-state index < -0.39 is 17.4 Å². The first-order valence-corrected chi connectivity index (χ1v) is 7.85. The van der Waals surface area contributed by atoms with Gasteiger partial charge in [-0.15, -0.1) is 6.58 Å². The van der Waals surface area contributed by atoms with Crippen LogP contribution in [0.25, 0.3) is 0 Å². The molecule has 1 N–H and O–H groups in total. The minimum atomic E-state index is -1.87. The summed E-state index contributed by atoms with van der Waals surface area (Å²) in [5, 5.41) is 11.3. The van der Waals surface area contributed by atoms with Gasteiger partial charge < -0.3 is 10.0 Å². The molecule has 0 aliphatic carbocycles. The van der Waals surface area contributed by atoms with Crippen molar-refractivity contribution < 1.29 is 14.7 Å². The van der Waals surface area contributed by atoms with Gasteiger partial charge in [0.15, 0.2) is 11.4 Å². The summed E-state index contributed by atoms with van der Waals surface area (Å²) >= 11 is 0. The maximum atomic E-state index is 12.9. The third-order valence-electron chi connectivity index (χ3n) is 4.57. The van der Waals surface area contributed by atoms with Crippen LogP contribution in [0.5, 0.6) is 0 Å². The SMILES string of the molecule is C=CCN1C(=O)[C@@](O)([C@H](C)C(=O)c2ccccc2)c2ccccc21. The third-order valence-corrected chi connectivity index (χ3v) is 4.57. The van der Waals surface area contributed by atoms with E-state index in [9.17, 15) is 14.7 Å². The minimum absolute atomic E-state index is 0.262. The molecule has 3 rings (SSSR count). The highest BCUT2D eigenvalue weighted by molar-refractivity contribution is 6.11. The number of fused-ring (bicyclic) bond motifs is 1. The molecular weight excluding hydrogens is 302 g/mol. The molecule has 0 saturated heterocycles. The van der Waals surface area contributed by atoms with Crippen molar-refractivity contribution in [3.8, 4) is 0 Å². The van der Waals surface area contributed by atoms with Gasteiger partial charge in [-0.25, -0.2) is 0 Å². The number of anilines is 1. The summed E-state index contributed by atoms with van der Waals surface area (Å²) in [5.74, 6) is -1.65. The number of hydrogen-bond donors (Lipinski definition) is 1. The van der Waals surface area contributed by atoms with Crippen LogP contribution in [0.2, 0.25) is 0 Å². The molecule has 0 fully saturated rings. The Hall–Kier alpha value is -2.72. The van der Waals surface area contributed by atoms with Gasteiger partial charge in [-0.1, -0.05) is 61.5 Å². The molecule has 0 saturated carbocycles. The molecule has 0 bridgehead atoms. The van der Waals surface area contributed by atoms with Crippen molar-refractivity contribution in [3.63, 3.8) is 0 Å². The first-order chi connectivity index (χ1) is 11.5. The lowest BCUT2D eigenvalue weighted by Gasteiger charge is -2.28. The highest BCUT2D eigenvalue weighted by Gasteiger charge is 2.54. The van der Waals surface area contributed by atoms with E-state index in [-0.39, 0.29) is 12.3 Å². The molecule has 1 aliphatic heterocycles. The number of carbonyl (C=O) groups is 2. The van der Waals surface area contributed by atoms with Gasteiger partial charge in [0, 0.05) is 17.7 Å². The lowest BCUT2D eigenvalue weighted by atomic mass is 9.79. The van der Waals surface area contributed by atoms with Gasteiger partial charge in [0.1, 0.15) is 0 Å². The van der Waals surface area contributed by atoms with Crippen LogP contribution < -0.4 is 4.90 Å². The molecule has 2 atom stereocenters. The van der Waals surface area contributed by atoms with Gasteiger partial charge in [-0.2, -0.15) is 0 Å². The molecule has 2 aromatic rings. The molecule has 0 aromatic heterocycles. The molecule has 1 aliphatic rings. The molecule has 122 valence electrons. The van der Waals surface area contributed by atoms with Crippen LogP contribution in [0.15, 0.2) is 67.3 Å². The molecule has 2 aromatic carbocycles. The summed E-state index contributed by atoms with van der Waals surface area (Å²) in [4.78, 5) is 27.2. The molecule has 1 amide bonds. The predicted octanol–water partition coefficient (Wildman–Crippen LogP) is 2.93. The third kappa shape index (κ3) is 2.27. The quantitative estimate of drug-likeness (QED) is 0.680. The Kier molecular flexibility index (Phi) is 4.08. The molecular formula is C20H19NO3. The van der Waals surface area contributed by atoms with Gasteiger partial charge >= 0.3 is 0 Å². The zero-order valence-electron chi connectivity index (χ0n) is 13.5. The van der Waals surface area contributed by atoms with Crippen LogP contribution >= 0.6 is 0 Å². The standard InChI is InChI=1S/C20H19NO3/c1-3-13-21-17-12-8-7-11-16(17)20(24,19(21)23)14(2)18(22)15-9-5-4-6-10-15/h3-12,14,24H,1,13H2,2H3/t14-,20-/m1/s1. The van der Waals surface area contributed by atoms with E-state index in [4.69, 9.17) is 0 Å². The van der Waals surface area contributed by atoms with Gasteiger partial charge in [-0.3, -0.25) is 9.59 Å². The second kappa shape index (κ2) is 6.06. The molecule has 0 radical (unpaired) electrons. The zero-order chi connectivity index (χ0) is 17.3. The average molecular weight is 321 g/mol. The Balaban J connectivity index is 2.07. The number of rotatable bonds is 5. The van der Waals surface area contributed by atoms with Gasteiger partial charge in [-0.05, 0) is 6.07 Å². The Morgan fingerprint density at radius 2 is 1.83 bits per heavy atom. The molecule has 0 spiro atoms. The van der Waals surface area contributed by atoms with Gasteiger partial charge in [0.25, 0.3) is 5.91 Å². The smallest absolute Gasteiger partial charge is 0.264 e. The highest BCUT2D eigenvalue weighted by Crippen LogP contribution is 2.45. The number of ketones is 1. The lowest BCUT2D eigenvalue weighted by Crippen LogP contribution is -2.47. The first-order valence-electron chi connectivity index (χ1n) is 7.85. The summed E-state index contributed by atoms with van der Waals surface area (Å²) in [6.07, 6.45) is 1.60. The molecule has 1 heterocycles. The minimum Gasteiger partial charge on any atom is -0.375 e. The fourth-order valence-electron chi connectivity index (χ4n) is 3.23. The van der Waals surface area contributed by atoms with Crippen molar-refractivity contribution in [2.45, 2.75) is 12.5 Å².